The van der Waals surface area contributed by atoms with Gasteiger partial charge >= 0.3 is 0 Å². The van der Waals surface area contributed by atoms with E-state index < -0.39 is 5.41 Å². The normalized spacial score (nSPS) is 14.5. The minimum Gasteiger partial charge on any atom is -0.344 e. The molecular formula is C21H25N3O2. The summed E-state index contributed by atoms with van der Waals surface area (Å²) in [6.07, 6.45) is 5.55. The van der Waals surface area contributed by atoms with Gasteiger partial charge in [0.2, 0.25) is 11.8 Å². The SMILES string of the molecule is CN(CCc1ccncc1)C(=O)C1(C(=O)N(C)Cc2ccccc2)CC1. The summed E-state index contributed by atoms with van der Waals surface area (Å²) in [5.41, 5.74) is 1.35. The minimum atomic E-state index is -0.851. The lowest BCUT2D eigenvalue weighted by Gasteiger charge is -2.27. The predicted octanol–water partition coefficient (Wildman–Crippen LogP) is 2.52. The first-order chi connectivity index (χ1) is 12.5. The number of aromatic nitrogens is 1. The maximum absolute atomic E-state index is 12.9. The number of carbonyl (C=O) groups excluding carboxylic acids is 2. The number of carbonyl (C=O) groups is 2. The molecule has 1 fully saturated rings. The van der Waals surface area contributed by atoms with Crippen LogP contribution in [0.3, 0.4) is 0 Å². The van der Waals surface area contributed by atoms with Crippen molar-refractivity contribution in [2.24, 2.45) is 5.41 Å². The van der Waals surface area contributed by atoms with Crippen molar-refractivity contribution in [1.82, 2.24) is 14.8 Å². The molecule has 0 unspecified atom stereocenters. The Kier molecular flexibility index (Phi) is 5.35. The fourth-order valence-electron chi connectivity index (χ4n) is 3.25. The second kappa shape index (κ2) is 7.68. The van der Waals surface area contributed by atoms with E-state index in [4.69, 9.17) is 0 Å². The molecule has 0 atom stereocenters. The van der Waals surface area contributed by atoms with Crippen molar-refractivity contribution in [3.8, 4) is 0 Å². The molecule has 0 saturated heterocycles. The van der Waals surface area contributed by atoms with Gasteiger partial charge < -0.3 is 9.80 Å². The number of rotatable bonds is 7. The van der Waals surface area contributed by atoms with Gasteiger partial charge in [-0.05, 0) is 42.5 Å². The van der Waals surface area contributed by atoms with E-state index in [2.05, 4.69) is 4.98 Å². The fourth-order valence-corrected chi connectivity index (χ4v) is 3.25. The first-order valence-corrected chi connectivity index (χ1v) is 8.97. The largest absolute Gasteiger partial charge is 0.344 e. The molecule has 1 aromatic heterocycles. The zero-order chi connectivity index (χ0) is 18.6. The summed E-state index contributed by atoms with van der Waals surface area (Å²) < 4.78 is 0. The molecule has 2 aromatic rings. The second-order valence-electron chi connectivity index (χ2n) is 7.06. The van der Waals surface area contributed by atoms with E-state index in [1.165, 1.54) is 0 Å². The van der Waals surface area contributed by atoms with Crippen molar-refractivity contribution >= 4 is 11.8 Å². The topological polar surface area (TPSA) is 53.5 Å². The summed E-state index contributed by atoms with van der Waals surface area (Å²) in [4.78, 5) is 33.2. The third-order valence-corrected chi connectivity index (χ3v) is 5.01. The van der Waals surface area contributed by atoms with Gasteiger partial charge in [0.25, 0.3) is 0 Å². The van der Waals surface area contributed by atoms with Crippen molar-refractivity contribution < 1.29 is 9.59 Å². The Morgan fingerprint density at radius 1 is 0.923 bits per heavy atom. The van der Waals surface area contributed by atoms with Crippen LogP contribution in [-0.4, -0.2) is 47.2 Å². The summed E-state index contributed by atoms with van der Waals surface area (Å²) in [5.74, 6) is -0.126. The minimum absolute atomic E-state index is 0.0588. The van der Waals surface area contributed by atoms with Gasteiger partial charge in [0.05, 0.1) is 0 Å². The van der Waals surface area contributed by atoms with E-state index in [0.29, 0.717) is 25.9 Å². The molecule has 0 aliphatic heterocycles. The third-order valence-electron chi connectivity index (χ3n) is 5.01. The lowest BCUT2D eigenvalue weighted by Crippen LogP contribution is -2.44. The van der Waals surface area contributed by atoms with Crippen LogP contribution in [0, 0.1) is 5.41 Å². The zero-order valence-electron chi connectivity index (χ0n) is 15.4. The van der Waals surface area contributed by atoms with Crippen LogP contribution in [0.2, 0.25) is 0 Å². The first-order valence-electron chi connectivity index (χ1n) is 8.97. The monoisotopic (exact) mass is 351 g/mol. The van der Waals surface area contributed by atoms with E-state index in [-0.39, 0.29) is 11.8 Å². The number of pyridine rings is 1. The Bertz CT molecular complexity index is 757. The summed E-state index contributed by atoms with van der Waals surface area (Å²) in [6, 6.07) is 13.7. The van der Waals surface area contributed by atoms with Gasteiger partial charge in [-0.25, -0.2) is 0 Å². The molecule has 1 aliphatic carbocycles. The molecule has 2 amide bonds. The maximum Gasteiger partial charge on any atom is 0.238 e. The van der Waals surface area contributed by atoms with Crippen LogP contribution in [0.4, 0.5) is 0 Å². The molecule has 0 N–H and O–H groups in total. The van der Waals surface area contributed by atoms with E-state index >= 15 is 0 Å². The van der Waals surface area contributed by atoms with Crippen molar-refractivity contribution in [2.45, 2.75) is 25.8 Å². The Balaban J connectivity index is 1.59. The van der Waals surface area contributed by atoms with Crippen molar-refractivity contribution in [3.63, 3.8) is 0 Å². The molecule has 0 bridgehead atoms. The highest BCUT2D eigenvalue weighted by molar-refractivity contribution is 6.07. The predicted molar refractivity (Wildman–Crippen MR) is 100 cm³/mol. The van der Waals surface area contributed by atoms with Crippen molar-refractivity contribution in [3.05, 3.63) is 66.0 Å². The Labute approximate surface area is 154 Å². The van der Waals surface area contributed by atoms with Crippen LogP contribution >= 0.6 is 0 Å². The van der Waals surface area contributed by atoms with Crippen LogP contribution in [0.15, 0.2) is 54.9 Å². The molecule has 1 saturated carbocycles. The van der Waals surface area contributed by atoms with Gasteiger partial charge in [0, 0.05) is 39.6 Å². The molecule has 3 rings (SSSR count). The van der Waals surface area contributed by atoms with Crippen LogP contribution < -0.4 is 0 Å². The van der Waals surface area contributed by atoms with Gasteiger partial charge in [-0.15, -0.1) is 0 Å². The van der Waals surface area contributed by atoms with Crippen LogP contribution in [0.25, 0.3) is 0 Å². The number of hydrogen-bond donors (Lipinski definition) is 0. The number of amides is 2. The molecular weight excluding hydrogens is 326 g/mol. The summed E-state index contributed by atoms with van der Waals surface area (Å²) in [5, 5.41) is 0. The van der Waals surface area contributed by atoms with Crippen molar-refractivity contribution in [2.75, 3.05) is 20.6 Å². The average molecular weight is 351 g/mol. The van der Waals surface area contributed by atoms with Gasteiger partial charge in [-0.1, -0.05) is 30.3 Å². The van der Waals surface area contributed by atoms with Crippen LogP contribution in [0.1, 0.15) is 24.0 Å². The molecule has 1 aliphatic rings. The van der Waals surface area contributed by atoms with E-state index in [9.17, 15) is 9.59 Å². The summed E-state index contributed by atoms with van der Waals surface area (Å²) in [6.45, 7) is 1.12. The van der Waals surface area contributed by atoms with Gasteiger partial charge in [0.15, 0.2) is 0 Å². The summed E-state index contributed by atoms with van der Waals surface area (Å²) >= 11 is 0. The lowest BCUT2D eigenvalue weighted by atomic mass is 10.0. The van der Waals surface area contributed by atoms with Gasteiger partial charge in [-0.3, -0.25) is 14.6 Å². The summed E-state index contributed by atoms with van der Waals surface area (Å²) in [7, 11) is 3.56. The highest BCUT2D eigenvalue weighted by atomic mass is 16.2. The van der Waals surface area contributed by atoms with Gasteiger partial charge in [-0.2, -0.15) is 0 Å². The fraction of sp³-hybridized carbons (Fsp3) is 0.381. The number of nitrogens with zero attached hydrogens (tertiary/aromatic N) is 3. The molecule has 1 aromatic carbocycles. The van der Waals surface area contributed by atoms with Gasteiger partial charge in [0.1, 0.15) is 5.41 Å². The maximum atomic E-state index is 12.9. The first kappa shape index (κ1) is 18.1. The Morgan fingerprint density at radius 3 is 2.15 bits per heavy atom. The van der Waals surface area contributed by atoms with Crippen molar-refractivity contribution in [1.29, 1.82) is 0 Å². The third kappa shape index (κ3) is 3.93. The van der Waals surface area contributed by atoms with Crippen LogP contribution in [-0.2, 0) is 22.6 Å². The average Bonchev–Trinajstić information content (AvgIpc) is 3.48. The molecule has 5 heteroatoms. The number of hydrogen-bond acceptors (Lipinski definition) is 3. The Hall–Kier alpha value is -2.69. The lowest BCUT2D eigenvalue weighted by molar-refractivity contribution is -0.148. The van der Waals surface area contributed by atoms with E-state index in [0.717, 1.165) is 17.5 Å². The molecule has 1 heterocycles. The molecule has 0 radical (unpaired) electrons. The quantitative estimate of drug-likeness (QED) is 0.720. The van der Waals surface area contributed by atoms with E-state index in [1.54, 1.807) is 36.3 Å². The Morgan fingerprint density at radius 2 is 1.54 bits per heavy atom. The van der Waals surface area contributed by atoms with Crippen LogP contribution in [0.5, 0.6) is 0 Å². The highest BCUT2D eigenvalue weighted by Crippen LogP contribution is 2.48. The standard InChI is InChI=1S/C21H25N3O2/c1-23(15-10-17-8-13-22-14-9-17)19(25)21(11-12-21)20(26)24(2)16-18-6-4-3-5-7-18/h3-9,13-14H,10-12,15-16H2,1-2H3. The molecule has 26 heavy (non-hydrogen) atoms. The molecule has 5 nitrogen and oxygen atoms in total. The smallest absolute Gasteiger partial charge is 0.238 e. The zero-order valence-corrected chi connectivity index (χ0v) is 15.4. The highest BCUT2D eigenvalue weighted by Gasteiger charge is 2.58. The number of likely N-dealkylation sites (N-methyl/N-ethyl adjacent to an activating group) is 1. The molecule has 136 valence electrons. The second-order valence-corrected chi connectivity index (χ2v) is 7.06. The van der Waals surface area contributed by atoms with E-state index in [1.807, 2.05) is 42.5 Å². The molecule has 0 spiro atoms. The number of benzene rings is 1.